The highest BCUT2D eigenvalue weighted by Crippen LogP contribution is 2.02. The van der Waals surface area contributed by atoms with Crippen molar-refractivity contribution in [2.45, 2.75) is 13.0 Å². The molecule has 0 unspecified atom stereocenters. The molecular formula is C14H14FN3O2. The number of carbonyl (C=O) groups is 1. The van der Waals surface area contributed by atoms with Crippen molar-refractivity contribution in [3.05, 3.63) is 64.3 Å². The number of nitrogens with zero attached hydrogens (tertiary/aromatic N) is 2. The maximum atomic E-state index is 12.7. The van der Waals surface area contributed by atoms with Crippen LogP contribution >= 0.6 is 0 Å². The van der Waals surface area contributed by atoms with E-state index in [1.165, 1.54) is 35.0 Å². The largest absolute Gasteiger partial charge is 0.352 e. The number of carbonyl (C=O) groups excluding carboxylic acids is 1. The molecule has 0 saturated carbocycles. The minimum Gasteiger partial charge on any atom is -0.352 e. The fourth-order valence-corrected chi connectivity index (χ4v) is 1.69. The second-order valence-electron chi connectivity index (χ2n) is 4.20. The molecule has 6 heteroatoms. The van der Waals surface area contributed by atoms with Gasteiger partial charge in [-0.2, -0.15) is 5.10 Å². The molecule has 1 aromatic heterocycles. The van der Waals surface area contributed by atoms with Crippen LogP contribution < -0.4 is 10.9 Å². The lowest BCUT2D eigenvalue weighted by Crippen LogP contribution is -2.27. The maximum absolute atomic E-state index is 12.7. The lowest BCUT2D eigenvalue weighted by atomic mass is 10.2. The van der Waals surface area contributed by atoms with E-state index >= 15 is 0 Å². The maximum Gasteiger partial charge on any atom is 0.266 e. The van der Waals surface area contributed by atoms with Crippen LogP contribution in [0.15, 0.2) is 47.4 Å². The van der Waals surface area contributed by atoms with Crippen molar-refractivity contribution in [3.8, 4) is 0 Å². The van der Waals surface area contributed by atoms with Crippen molar-refractivity contribution in [1.82, 2.24) is 15.1 Å². The molecule has 2 rings (SSSR count). The van der Waals surface area contributed by atoms with Gasteiger partial charge in [0, 0.05) is 30.9 Å². The zero-order valence-electron chi connectivity index (χ0n) is 10.8. The molecule has 0 aliphatic carbocycles. The van der Waals surface area contributed by atoms with Crippen molar-refractivity contribution in [2.24, 2.45) is 0 Å². The van der Waals surface area contributed by atoms with Gasteiger partial charge in [0.2, 0.25) is 0 Å². The zero-order chi connectivity index (χ0) is 14.4. The summed E-state index contributed by atoms with van der Waals surface area (Å²) in [4.78, 5) is 23.1. The van der Waals surface area contributed by atoms with Crippen molar-refractivity contribution in [2.75, 3.05) is 6.54 Å². The van der Waals surface area contributed by atoms with Crippen molar-refractivity contribution >= 4 is 5.91 Å². The van der Waals surface area contributed by atoms with Crippen LogP contribution in [0.2, 0.25) is 0 Å². The number of aromatic nitrogens is 2. The van der Waals surface area contributed by atoms with Crippen LogP contribution in [-0.2, 0) is 6.54 Å². The first kappa shape index (κ1) is 13.9. The van der Waals surface area contributed by atoms with Gasteiger partial charge in [0.15, 0.2) is 0 Å². The van der Waals surface area contributed by atoms with Crippen LogP contribution in [0.4, 0.5) is 4.39 Å². The molecule has 1 N–H and O–H groups in total. The second kappa shape index (κ2) is 6.60. The van der Waals surface area contributed by atoms with E-state index in [0.717, 1.165) is 0 Å². The molecule has 1 heterocycles. The van der Waals surface area contributed by atoms with Gasteiger partial charge in [-0.25, -0.2) is 9.07 Å². The van der Waals surface area contributed by atoms with Gasteiger partial charge >= 0.3 is 0 Å². The fraction of sp³-hybridized carbons (Fsp3) is 0.214. The third kappa shape index (κ3) is 3.74. The lowest BCUT2D eigenvalue weighted by Gasteiger charge is -2.06. The Morgan fingerprint density at radius 2 is 2.00 bits per heavy atom. The summed E-state index contributed by atoms with van der Waals surface area (Å²) in [6.07, 6.45) is 2.13. The van der Waals surface area contributed by atoms with Crippen LogP contribution in [0.25, 0.3) is 0 Å². The third-order valence-corrected chi connectivity index (χ3v) is 2.72. The van der Waals surface area contributed by atoms with E-state index in [-0.39, 0.29) is 17.3 Å². The molecular weight excluding hydrogens is 261 g/mol. The summed E-state index contributed by atoms with van der Waals surface area (Å²) >= 11 is 0. The van der Waals surface area contributed by atoms with Crippen molar-refractivity contribution in [1.29, 1.82) is 0 Å². The number of nitrogens with one attached hydrogen (secondary N) is 1. The van der Waals surface area contributed by atoms with E-state index in [2.05, 4.69) is 10.4 Å². The van der Waals surface area contributed by atoms with Gasteiger partial charge in [-0.3, -0.25) is 9.59 Å². The van der Waals surface area contributed by atoms with E-state index in [1.807, 2.05) is 0 Å². The quantitative estimate of drug-likeness (QED) is 0.834. The average Bonchev–Trinajstić information content (AvgIpc) is 2.46. The molecule has 0 aliphatic heterocycles. The molecule has 1 amide bonds. The predicted molar refractivity (Wildman–Crippen MR) is 71.8 cm³/mol. The molecule has 0 bridgehead atoms. The Kier molecular flexibility index (Phi) is 4.60. The molecule has 1 aromatic carbocycles. The summed E-state index contributed by atoms with van der Waals surface area (Å²) in [6.45, 7) is 0.850. The SMILES string of the molecule is O=C(NCCCn1ncccc1=O)c1ccc(F)cc1. The Labute approximate surface area is 115 Å². The first-order chi connectivity index (χ1) is 9.66. The smallest absolute Gasteiger partial charge is 0.266 e. The van der Waals surface area contributed by atoms with Gasteiger partial charge in [-0.15, -0.1) is 0 Å². The van der Waals surface area contributed by atoms with Gasteiger partial charge in [-0.05, 0) is 36.8 Å². The van der Waals surface area contributed by atoms with Crippen molar-refractivity contribution in [3.63, 3.8) is 0 Å². The second-order valence-corrected chi connectivity index (χ2v) is 4.20. The Morgan fingerprint density at radius 1 is 1.25 bits per heavy atom. The molecule has 0 saturated heterocycles. The number of hydrogen-bond donors (Lipinski definition) is 1. The molecule has 0 aliphatic rings. The first-order valence-electron chi connectivity index (χ1n) is 6.23. The van der Waals surface area contributed by atoms with Gasteiger partial charge < -0.3 is 5.32 Å². The highest BCUT2D eigenvalue weighted by Gasteiger charge is 2.04. The predicted octanol–water partition coefficient (Wildman–Crippen LogP) is 1.20. The topological polar surface area (TPSA) is 64.0 Å². The highest BCUT2D eigenvalue weighted by molar-refractivity contribution is 5.94. The summed E-state index contributed by atoms with van der Waals surface area (Å²) in [5.74, 6) is -0.644. The summed E-state index contributed by atoms with van der Waals surface area (Å²) in [5.41, 5.74) is 0.235. The molecule has 0 radical (unpaired) electrons. The first-order valence-corrected chi connectivity index (χ1v) is 6.23. The van der Waals surface area contributed by atoms with E-state index in [0.29, 0.717) is 25.1 Å². The number of aryl methyl sites for hydroxylation is 1. The van der Waals surface area contributed by atoms with Crippen LogP contribution in [0.5, 0.6) is 0 Å². The van der Waals surface area contributed by atoms with Crippen LogP contribution in [0, 0.1) is 5.82 Å². The fourth-order valence-electron chi connectivity index (χ4n) is 1.69. The monoisotopic (exact) mass is 275 g/mol. The Hall–Kier alpha value is -2.50. The molecule has 20 heavy (non-hydrogen) atoms. The zero-order valence-corrected chi connectivity index (χ0v) is 10.8. The standard InChI is InChI=1S/C14H14FN3O2/c15-12-6-4-11(5-7-12)14(20)16-8-2-10-18-13(19)3-1-9-17-18/h1,3-7,9H,2,8,10H2,(H,16,20). The lowest BCUT2D eigenvalue weighted by molar-refractivity contribution is 0.0952. The molecule has 5 nitrogen and oxygen atoms in total. The number of halogens is 1. The Morgan fingerprint density at radius 3 is 2.70 bits per heavy atom. The minimum absolute atomic E-state index is 0.169. The number of benzene rings is 1. The third-order valence-electron chi connectivity index (χ3n) is 2.72. The normalized spacial score (nSPS) is 10.2. The minimum atomic E-state index is -0.379. The van der Waals surface area contributed by atoms with E-state index in [4.69, 9.17) is 0 Å². The van der Waals surface area contributed by atoms with Gasteiger partial charge in [-0.1, -0.05) is 0 Å². The van der Waals surface area contributed by atoms with Gasteiger partial charge in [0.05, 0.1) is 0 Å². The van der Waals surface area contributed by atoms with Gasteiger partial charge in [0.1, 0.15) is 5.82 Å². The van der Waals surface area contributed by atoms with Crippen LogP contribution in [0.3, 0.4) is 0 Å². The molecule has 0 atom stereocenters. The molecule has 0 fully saturated rings. The average molecular weight is 275 g/mol. The van der Waals surface area contributed by atoms with Crippen LogP contribution in [-0.4, -0.2) is 22.2 Å². The molecule has 2 aromatic rings. The summed E-state index contributed by atoms with van der Waals surface area (Å²) in [7, 11) is 0. The molecule has 104 valence electrons. The van der Waals surface area contributed by atoms with Crippen molar-refractivity contribution < 1.29 is 9.18 Å². The van der Waals surface area contributed by atoms with E-state index in [9.17, 15) is 14.0 Å². The number of amides is 1. The highest BCUT2D eigenvalue weighted by atomic mass is 19.1. The van der Waals surface area contributed by atoms with E-state index in [1.54, 1.807) is 12.3 Å². The van der Waals surface area contributed by atoms with E-state index < -0.39 is 0 Å². The Bertz CT molecular complexity index is 637. The van der Waals surface area contributed by atoms with Gasteiger partial charge in [0.25, 0.3) is 11.5 Å². The molecule has 0 spiro atoms. The summed E-state index contributed by atoms with van der Waals surface area (Å²) in [5, 5.41) is 6.62. The Balaban J connectivity index is 1.79. The van der Waals surface area contributed by atoms with Crippen LogP contribution in [0.1, 0.15) is 16.8 Å². The number of rotatable bonds is 5. The number of hydrogen-bond acceptors (Lipinski definition) is 3. The summed E-state index contributed by atoms with van der Waals surface area (Å²) in [6, 6.07) is 8.34. The summed E-state index contributed by atoms with van der Waals surface area (Å²) < 4.78 is 14.0.